The number of hydrogen-bond donors (Lipinski definition) is 1. The molecule has 7 nitrogen and oxygen atoms in total. The Hall–Kier alpha value is -2.67. The Kier molecular flexibility index (Phi) is 4.59. The highest BCUT2D eigenvalue weighted by Gasteiger charge is 2.57. The van der Waals surface area contributed by atoms with Crippen LogP contribution in [0.3, 0.4) is 0 Å². The van der Waals surface area contributed by atoms with E-state index in [-0.39, 0.29) is 11.3 Å². The van der Waals surface area contributed by atoms with Gasteiger partial charge in [0.05, 0.1) is 5.92 Å². The molecule has 0 aromatic rings. The number of esters is 2. The number of hydrogen-bond acceptors (Lipinski definition) is 7. The van der Waals surface area contributed by atoms with Gasteiger partial charge in [-0.25, -0.2) is 9.59 Å². The number of carbonyl (C=O) groups excluding carboxylic acids is 3. The van der Waals surface area contributed by atoms with E-state index in [1.807, 2.05) is 0 Å². The van der Waals surface area contributed by atoms with Crippen molar-refractivity contribution in [3.8, 4) is 0 Å². The van der Waals surface area contributed by atoms with Gasteiger partial charge in [0.2, 0.25) is 5.78 Å². The topological polar surface area (TPSA) is 99.1 Å². The van der Waals surface area contributed by atoms with Gasteiger partial charge >= 0.3 is 11.9 Å². The molecule has 3 aliphatic rings. The Morgan fingerprint density at radius 2 is 2.07 bits per heavy atom. The molecule has 144 valence electrons. The summed E-state index contributed by atoms with van der Waals surface area (Å²) in [5.41, 5.74) is -0.681. The van der Waals surface area contributed by atoms with Crippen LogP contribution in [0.4, 0.5) is 0 Å². The lowest BCUT2D eigenvalue weighted by atomic mass is 9.80. The summed E-state index contributed by atoms with van der Waals surface area (Å²) >= 11 is 0. The van der Waals surface area contributed by atoms with Gasteiger partial charge in [-0.2, -0.15) is 0 Å². The molecule has 3 heterocycles. The molecule has 0 unspecified atom stereocenters. The van der Waals surface area contributed by atoms with Gasteiger partial charge < -0.3 is 19.3 Å². The zero-order valence-corrected chi connectivity index (χ0v) is 15.6. The Labute approximate surface area is 157 Å². The fourth-order valence-electron chi connectivity index (χ4n) is 3.41. The molecule has 3 rings (SSSR count). The molecule has 1 saturated heterocycles. The normalized spacial score (nSPS) is 37.8. The van der Waals surface area contributed by atoms with E-state index in [1.165, 1.54) is 13.0 Å². The highest BCUT2D eigenvalue weighted by atomic mass is 16.6. The van der Waals surface area contributed by atoms with Crippen molar-refractivity contribution in [3.63, 3.8) is 0 Å². The van der Waals surface area contributed by atoms with E-state index < -0.39 is 47.6 Å². The van der Waals surface area contributed by atoms with E-state index in [0.29, 0.717) is 11.1 Å². The first-order valence-electron chi connectivity index (χ1n) is 8.65. The Morgan fingerprint density at radius 1 is 1.41 bits per heavy atom. The fourth-order valence-corrected chi connectivity index (χ4v) is 3.41. The van der Waals surface area contributed by atoms with Crippen molar-refractivity contribution in [2.45, 2.75) is 51.6 Å². The Balaban J connectivity index is 2.12. The zero-order chi connectivity index (χ0) is 20.1. The van der Waals surface area contributed by atoms with Crippen LogP contribution >= 0.6 is 0 Å². The summed E-state index contributed by atoms with van der Waals surface area (Å²) in [6.07, 6.45) is 0.871. The Morgan fingerprint density at radius 3 is 2.70 bits per heavy atom. The van der Waals surface area contributed by atoms with Gasteiger partial charge in [0.25, 0.3) is 0 Å². The molecule has 2 bridgehead atoms. The highest BCUT2D eigenvalue weighted by Crippen LogP contribution is 2.42. The zero-order valence-electron chi connectivity index (χ0n) is 15.6. The van der Waals surface area contributed by atoms with Crippen LogP contribution in [-0.4, -0.2) is 46.7 Å². The second-order valence-electron chi connectivity index (χ2n) is 7.14. The third-order valence-electron chi connectivity index (χ3n) is 5.37. The van der Waals surface area contributed by atoms with Crippen molar-refractivity contribution < 1.29 is 33.7 Å². The standard InChI is InChI=1S/C20H22O7/c1-6-9(2)18(23)26-16-15-11(4)19(24)25-13(15)7-10(3)12-8-14(21)20(5,27-12)17(16)22/h6-8,13,15-17,22H,4H2,1-3,5H3/b9-6+,10-7-/t13-,15+,16+,17+,20+/m1/s1. The maximum absolute atomic E-state index is 12.5. The molecule has 0 aromatic carbocycles. The van der Waals surface area contributed by atoms with E-state index in [9.17, 15) is 19.5 Å². The molecule has 0 saturated carbocycles. The maximum Gasteiger partial charge on any atom is 0.334 e. The summed E-state index contributed by atoms with van der Waals surface area (Å²) in [5.74, 6) is -2.32. The molecule has 0 amide bonds. The fraction of sp³-hybridized carbons (Fsp3) is 0.450. The number of fused-ring (bicyclic) bond motifs is 3. The minimum Gasteiger partial charge on any atom is -0.476 e. The second-order valence-corrected chi connectivity index (χ2v) is 7.14. The van der Waals surface area contributed by atoms with Crippen LogP contribution in [0.15, 0.2) is 47.3 Å². The summed E-state index contributed by atoms with van der Waals surface area (Å²) < 4.78 is 16.6. The van der Waals surface area contributed by atoms with Crippen LogP contribution in [0.1, 0.15) is 27.7 Å². The number of rotatable bonds is 2. The molecule has 0 spiro atoms. The summed E-state index contributed by atoms with van der Waals surface area (Å²) in [6, 6.07) is 0. The van der Waals surface area contributed by atoms with Gasteiger partial charge in [0, 0.05) is 17.2 Å². The lowest BCUT2D eigenvalue weighted by molar-refractivity contribution is -0.175. The quantitative estimate of drug-likeness (QED) is 0.578. The molecule has 7 heteroatoms. The molecule has 1 fully saturated rings. The van der Waals surface area contributed by atoms with Crippen molar-refractivity contribution in [2.75, 3.05) is 0 Å². The van der Waals surface area contributed by atoms with Crippen molar-refractivity contribution in [1.29, 1.82) is 0 Å². The predicted molar refractivity (Wildman–Crippen MR) is 94.2 cm³/mol. The summed E-state index contributed by atoms with van der Waals surface area (Å²) in [6.45, 7) is 10.1. The first-order chi connectivity index (χ1) is 12.6. The van der Waals surface area contributed by atoms with Gasteiger partial charge in [-0.3, -0.25) is 4.79 Å². The van der Waals surface area contributed by atoms with E-state index in [4.69, 9.17) is 14.2 Å². The number of aliphatic hydroxyl groups excluding tert-OH is 1. The first-order valence-corrected chi connectivity index (χ1v) is 8.65. The Bertz CT molecular complexity index is 831. The third kappa shape index (κ3) is 2.92. The number of allylic oxidation sites excluding steroid dienone is 2. The molecular weight excluding hydrogens is 352 g/mol. The lowest BCUT2D eigenvalue weighted by Gasteiger charge is -2.36. The van der Waals surface area contributed by atoms with Crippen LogP contribution < -0.4 is 0 Å². The molecule has 5 atom stereocenters. The van der Waals surface area contributed by atoms with Crippen molar-refractivity contribution in [2.24, 2.45) is 5.92 Å². The van der Waals surface area contributed by atoms with Gasteiger partial charge in [0.1, 0.15) is 24.1 Å². The SMILES string of the molecule is C=C1C(=O)O[C@@H]2/C=C(/C)C3=CC(=O)[C@](C)(O3)[C@@H](O)[C@@H](OC(=O)/C(C)=C/C)[C@@H]12. The smallest absolute Gasteiger partial charge is 0.334 e. The molecule has 0 aromatic heterocycles. The van der Waals surface area contributed by atoms with Crippen LogP contribution in [-0.2, 0) is 28.6 Å². The summed E-state index contributed by atoms with van der Waals surface area (Å²) in [5, 5.41) is 11.0. The lowest BCUT2D eigenvalue weighted by Crippen LogP contribution is -2.55. The van der Waals surface area contributed by atoms with Gasteiger partial charge in [-0.05, 0) is 39.3 Å². The summed E-state index contributed by atoms with van der Waals surface area (Å²) in [4.78, 5) is 37.1. The average molecular weight is 374 g/mol. The number of carbonyl (C=O) groups is 3. The van der Waals surface area contributed by atoms with Crippen molar-refractivity contribution >= 4 is 17.7 Å². The minimum absolute atomic E-state index is 0.0711. The molecule has 0 radical (unpaired) electrons. The first kappa shape index (κ1) is 19.1. The van der Waals surface area contributed by atoms with Crippen LogP contribution in [0.5, 0.6) is 0 Å². The summed E-state index contributed by atoms with van der Waals surface area (Å²) in [7, 11) is 0. The number of ketones is 1. The van der Waals surface area contributed by atoms with E-state index in [0.717, 1.165) is 0 Å². The highest BCUT2D eigenvalue weighted by molar-refractivity contribution is 6.00. The van der Waals surface area contributed by atoms with Gasteiger partial charge in [-0.1, -0.05) is 12.7 Å². The third-order valence-corrected chi connectivity index (χ3v) is 5.37. The van der Waals surface area contributed by atoms with E-state index in [1.54, 1.807) is 32.9 Å². The van der Waals surface area contributed by atoms with Crippen molar-refractivity contribution in [1.82, 2.24) is 0 Å². The molecular formula is C20H22O7. The molecule has 0 aliphatic carbocycles. The molecule has 3 aliphatic heterocycles. The molecule has 1 N–H and O–H groups in total. The van der Waals surface area contributed by atoms with Crippen LogP contribution in [0, 0.1) is 5.92 Å². The second kappa shape index (κ2) is 6.49. The van der Waals surface area contributed by atoms with Gasteiger partial charge in [-0.15, -0.1) is 0 Å². The predicted octanol–water partition coefficient (Wildman–Crippen LogP) is 1.52. The number of ether oxygens (including phenoxy) is 3. The largest absolute Gasteiger partial charge is 0.476 e. The van der Waals surface area contributed by atoms with Crippen LogP contribution in [0.25, 0.3) is 0 Å². The maximum atomic E-state index is 12.5. The molecule has 27 heavy (non-hydrogen) atoms. The van der Waals surface area contributed by atoms with Gasteiger partial charge in [0.15, 0.2) is 5.60 Å². The minimum atomic E-state index is -1.65. The van der Waals surface area contributed by atoms with E-state index >= 15 is 0 Å². The van der Waals surface area contributed by atoms with E-state index in [2.05, 4.69) is 6.58 Å². The van der Waals surface area contributed by atoms with Crippen LogP contribution in [0.2, 0.25) is 0 Å². The number of aliphatic hydroxyl groups is 1. The van der Waals surface area contributed by atoms with Crippen molar-refractivity contribution in [3.05, 3.63) is 47.3 Å². The monoisotopic (exact) mass is 374 g/mol. The average Bonchev–Trinajstić information content (AvgIpc) is 3.08.